The molecule has 0 amide bonds. The van der Waals surface area contributed by atoms with Gasteiger partial charge in [-0.2, -0.15) is 4.31 Å². The summed E-state index contributed by atoms with van der Waals surface area (Å²) < 4.78 is 32.5. The van der Waals surface area contributed by atoms with Crippen LogP contribution in [0.3, 0.4) is 0 Å². The van der Waals surface area contributed by atoms with Crippen LogP contribution in [-0.2, 0) is 10.0 Å². The van der Waals surface area contributed by atoms with Crippen molar-refractivity contribution in [1.82, 2.24) is 4.31 Å². The minimum absolute atomic E-state index is 0.0206. The number of nitrogens with one attached hydrogen (secondary N) is 1. The van der Waals surface area contributed by atoms with E-state index in [2.05, 4.69) is 0 Å². The molecule has 0 radical (unpaired) electrons. The number of benzene rings is 2. The molecule has 1 heterocycles. The van der Waals surface area contributed by atoms with Gasteiger partial charge in [-0.25, -0.2) is 8.42 Å². The SMILES string of the molecule is C[NH+]1CCN(S(=O)(=O)c2ccc(Oc3ccc([N+](=O)[O-])cc3)cc2)CC1. The smallest absolute Gasteiger partial charge is 0.269 e. The lowest BCUT2D eigenvalue weighted by Gasteiger charge is -2.29. The van der Waals surface area contributed by atoms with Crippen LogP contribution in [-0.4, -0.2) is 50.9 Å². The average Bonchev–Trinajstić information content (AvgIpc) is 2.63. The highest BCUT2D eigenvalue weighted by atomic mass is 32.2. The van der Waals surface area contributed by atoms with E-state index in [-0.39, 0.29) is 10.6 Å². The normalized spacial score (nSPS) is 16.3. The number of hydrogen-bond donors (Lipinski definition) is 1. The Morgan fingerprint density at radius 1 is 1.00 bits per heavy atom. The third kappa shape index (κ3) is 4.01. The number of non-ortho nitro benzene ring substituents is 1. The summed E-state index contributed by atoms with van der Waals surface area (Å²) >= 11 is 0. The fraction of sp³-hybridized carbons (Fsp3) is 0.294. The third-order valence-electron chi connectivity index (χ3n) is 4.32. The number of piperazine rings is 1. The Kier molecular flexibility index (Phi) is 5.21. The van der Waals surface area contributed by atoms with E-state index in [4.69, 9.17) is 4.74 Å². The molecule has 0 aromatic heterocycles. The monoisotopic (exact) mass is 378 g/mol. The van der Waals surface area contributed by atoms with E-state index in [0.717, 1.165) is 13.1 Å². The molecule has 8 nitrogen and oxygen atoms in total. The molecule has 138 valence electrons. The minimum Gasteiger partial charge on any atom is -0.457 e. The Morgan fingerprint density at radius 3 is 2.00 bits per heavy atom. The van der Waals surface area contributed by atoms with Gasteiger partial charge in [0.1, 0.15) is 11.5 Å². The van der Waals surface area contributed by atoms with E-state index < -0.39 is 14.9 Å². The van der Waals surface area contributed by atoms with Gasteiger partial charge in [-0.05, 0) is 36.4 Å². The maximum absolute atomic E-state index is 12.7. The Labute approximate surface area is 151 Å². The summed E-state index contributed by atoms with van der Waals surface area (Å²) in [6.07, 6.45) is 0. The molecule has 2 aromatic carbocycles. The molecular formula is C17H20N3O5S+. The number of sulfonamides is 1. The largest absolute Gasteiger partial charge is 0.457 e. The van der Waals surface area contributed by atoms with Crippen molar-refractivity contribution >= 4 is 15.7 Å². The van der Waals surface area contributed by atoms with Gasteiger partial charge < -0.3 is 9.64 Å². The lowest BCUT2D eigenvalue weighted by atomic mass is 10.3. The molecule has 2 aromatic rings. The third-order valence-corrected chi connectivity index (χ3v) is 6.23. The van der Waals surface area contributed by atoms with Crippen molar-refractivity contribution < 1.29 is 23.0 Å². The summed E-state index contributed by atoms with van der Waals surface area (Å²) in [6.45, 7) is 2.60. The second-order valence-corrected chi connectivity index (χ2v) is 8.12. The van der Waals surface area contributed by atoms with E-state index in [1.54, 1.807) is 12.1 Å². The van der Waals surface area contributed by atoms with Crippen LogP contribution < -0.4 is 9.64 Å². The van der Waals surface area contributed by atoms with E-state index in [0.29, 0.717) is 24.6 Å². The van der Waals surface area contributed by atoms with Crippen molar-refractivity contribution in [3.8, 4) is 11.5 Å². The standard InChI is InChI=1S/C17H19N3O5S/c1-18-10-12-19(13-11-18)26(23,24)17-8-6-16(7-9-17)25-15-4-2-14(3-5-15)20(21)22/h2-9H,10-13H2,1H3/p+1. The summed E-state index contributed by atoms with van der Waals surface area (Å²) in [4.78, 5) is 11.7. The summed E-state index contributed by atoms with van der Waals surface area (Å²) in [7, 11) is -1.45. The molecule has 1 saturated heterocycles. The highest BCUT2D eigenvalue weighted by Crippen LogP contribution is 2.25. The predicted octanol–water partition coefficient (Wildman–Crippen LogP) is 0.906. The van der Waals surface area contributed by atoms with Crippen molar-refractivity contribution in [2.75, 3.05) is 33.2 Å². The van der Waals surface area contributed by atoms with Crippen molar-refractivity contribution in [3.05, 3.63) is 58.6 Å². The molecule has 0 bridgehead atoms. The van der Waals surface area contributed by atoms with Crippen LogP contribution in [0.5, 0.6) is 11.5 Å². The number of nitrogens with zero attached hydrogens (tertiary/aromatic N) is 2. The van der Waals surface area contributed by atoms with Crippen molar-refractivity contribution in [3.63, 3.8) is 0 Å². The molecule has 1 N–H and O–H groups in total. The summed E-state index contributed by atoms with van der Waals surface area (Å²) in [6, 6.07) is 11.9. The number of rotatable bonds is 5. The van der Waals surface area contributed by atoms with Gasteiger partial charge in [0, 0.05) is 12.1 Å². The number of hydrogen-bond acceptors (Lipinski definition) is 5. The van der Waals surface area contributed by atoms with Gasteiger partial charge in [-0.15, -0.1) is 0 Å². The van der Waals surface area contributed by atoms with Gasteiger partial charge in [-0.1, -0.05) is 0 Å². The van der Waals surface area contributed by atoms with E-state index in [1.807, 2.05) is 7.05 Å². The van der Waals surface area contributed by atoms with Gasteiger partial charge in [0.25, 0.3) is 5.69 Å². The van der Waals surface area contributed by atoms with Crippen molar-refractivity contribution in [2.24, 2.45) is 0 Å². The number of nitro groups is 1. The molecule has 1 aliphatic rings. The highest BCUT2D eigenvalue weighted by molar-refractivity contribution is 7.89. The van der Waals surface area contributed by atoms with Crippen molar-refractivity contribution in [2.45, 2.75) is 4.90 Å². The zero-order valence-corrected chi connectivity index (χ0v) is 15.1. The lowest BCUT2D eigenvalue weighted by Crippen LogP contribution is -3.12. The van der Waals surface area contributed by atoms with Crippen LogP contribution in [0.4, 0.5) is 5.69 Å². The fourth-order valence-electron chi connectivity index (χ4n) is 2.71. The first kappa shape index (κ1) is 18.3. The minimum atomic E-state index is -3.50. The number of nitro benzene ring substituents is 1. The molecular weight excluding hydrogens is 358 g/mol. The van der Waals surface area contributed by atoms with E-state index >= 15 is 0 Å². The summed E-state index contributed by atoms with van der Waals surface area (Å²) in [5, 5.41) is 10.7. The molecule has 1 aliphatic heterocycles. The summed E-state index contributed by atoms with van der Waals surface area (Å²) in [5.74, 6) is 0.897. The quantitative estimate of drug-likeness (QED) is 0.616. The van der Waals surface area contributed by atoms with Gasteiger partial charge >= 0.3 is 0 Å². The molecule has 1 fully saturated rings. The van der Waals surface area contributed by atoms with Gasteiger partial charge in [0.05, 0.1) is 43.0 Å². The highest BCUT2D eigenvalue weighted by Gasteiger charge is 2.29. The zero-order valence-electron chi connectivity index (χ0n) is 14.3. The Hall–Kier alpha value is -2.49. The lowest BCUT2D eigenvalue weighted by molar-refractivity contribution is -0.883. The van der Waals surface area contributed by atoms with E-state index in [9.17, 15) is 18.5 Å². The average molecular weight is 378 g/mol. The molecule has 0 atom stereocenters. The molecule has 0 unspecified atom stereocenters. The fourth-order valence-corrected chi connectivity index (χ4v) is 4.15. The van der Waals surface area contributed by atoms with Crippen LogP contribution in [0.15, 0.2) is 53.4 Å². The maximum atomic E-state index is 12.7. The predicted molar refractivity (Wildman–Crippen MR) is 95.0 cm³/mol. The van der Waals surface area contributed by atoms with Gasteiger partial charge in [-0.3, -0.25) is 10.1 Å². The number of ether oxygens (including phenoxy) is 1. The first-order chi connectivity index (χ1) is 12.4. The molecule has 3 rings (SSSR count). The van der Waals surface area contributed by atoms with Crippen LogP contribution in [0, 0.1) is 10.1 Å². The maximum Gasteiger partial charge on any atom is 0.269 e. The van der Waals surface area contributed by atoms with Crippen LogP contribution in [0.1, 0.15) is 0 Å². The molecule has 0 aliphatic carbocycles. The van der Waals surface area contributed by atoms with Gasteiger partial charge in [0.2, 0.25) is 10.0 Å². The zero-order chi connectivity index (χ0) is 18.7. The Balaban J connectivity index is 1.70. The molecule has 0 saturated carbocycles. The molecule has 0 spiro atoms. The van der Waals surface area contributed by atoms with Gasteiger partial charge in [0.15, 0.2) is 0 Å². The van der Waals surface area contributed by atoms with Crippen LogP contribution in [0.25, 0.3) is 0 Å². The second-order valence-electron chi connectivity index (χ2n) is 6.19. The van der Waals surface area contributed by atoms with Crippen LogP contribution >= 0.6 is 0 Å². The van der Waals surface area contributed by atoms with Crippen molar-refractivity contribution in [1.29, 1.82) is 0 Å². The van der Waals surface area contributed by atoms with Crippen LogP contribution in [0.2, 0.25) is 0 Å². The Bertz CT molecular complexity index is 874. The topological polar surface area (TPSA) is 94.2 Å². The Morgan fingerprint density at radius 2 is 1.50 bits per heavy atom. The second kappa shape index (κ2) is 7.40. The summed E-state index contributed by atoms with van der Waals surface area (Å²) in [5.41, 5.74) is -0.0206. The molecule has 26 heavy (non-hydrogen) atoms. The number of likely N-dealkylation sites (N-methyl/N-ethyl adjacent to an activating group) is 1. The first-order valence-corrected chi connectivity index (χ1v) is 9.64. The number of quaternary nitrogens is 1. The van der Waals surface area contributed by atoms with E-state index in [1.165, 1.54) is 45.6 Å². The molecule has 9 heteroatoms. The first-order valence-electron chi connectivity index (χ1n) is 8.20.